The smallest absolute Gasteiger partial charge is 0.264 e. The van der Waals surface area contributed by atoms with E-state index in [2.05, 4.69) is 40.9 Å². The number of nitrogens with one attached hydrogen (secondary N) is 2. The standard InChI is InChI=1S/C11H12BrN5O2S/c1-2-13-10-4-3-8(5-15-10)20(18,19)17-11-7-14-9(12)6-16-11/h3-7H,2H2,1H3,(H,13,15)(H,16,17). The van der Waals surface area contributed by atoms with Crippen molar-refractivity contribution >= 4 is 37.6 Å². The second-order valence-electron chi connectivity index (χ2n) is 3.74. The van der Waals surface area contributed by atoms with E-state index in [1.54, 1.807) is 6.07 Å². The highest BCUT2D eigenvalue weighted by molar-refractivity contribution is 9.10. The zero-order valence-corrected chi connectivity index (χ0v) is 12.9. The van der Waals surface area contributed by atoms with Gasteiger partial charge >= 0.3 is 0 Å². The van der Waals surface area contributed by atoms with Crippen LogP contribution in [0.5, 0.6) is 0 Å². The Hall–Kier alpha value is -1.74. The summed E-state index contributed by atoms with van der Waals surface area (Å²) in [6.07, 6.45) is 4.01. The molecule has 0 atom stereocenters. The van der Waals surface area contributed by atoms with Gasteiger partial charge in [0.1, 0.15) is 15.3 Å². The Balaban J connectivity index is 2.19. The van der Waals surface area contributed by atoms with E-state index in [9.17, 15) is 8.42 Å². The molecule has 0 spiro atoms. The monoisotopic (exact) mass is 357 g/mol. The molecule has 0 radical (unpaired) electrons. The summed E-state index contributed by atoms with van der Waals surface area (Å²) in [7, 11) is -3.72. The summed E-state index contributed by atoms with van der Waals surface area (Å²) in [4.78, 5) is 11.9. The van der Waals surface area contributed by atoms with Crippen LogP contribution in [0.4, 0.5) is 11.6 Å². The lowest BCUT2D eigenvalue weighted by atomic mass is 10.4. The molecule has 0 aliphatic rings. The molecule has 7 nitrogen and oxygen atoms in total. The predicted molar refractivity (Wildman–Crippen MR) is 78.9 cm³/mol. The Morgan fingerprint density at radius 1 is 1.10 bits per heavy atom. The Bertz CT molecular complexity index is 673. The van der Waals surface area contributed by atoms with Gasteiger partial charge in [-0.3, -0.25) is 4.72 Å². The Morgan fingerprint density at radius 2 is 1.85 bits per heavy atom. The molecule has 2 heterocycles. The third-order valence-electron chi connectivity index (χ3n) is 2.26. The average Bonchev–Trinajstić information content (AvgIpc) is 2.42. The minimum atomic E-state index is -3.72. The summed E-state index contributed by atoms with van der Waals surface area (Å²) < 4.78 is 27.1. The third-order valence-corrected chi connectivity index (χ3v) is 4.01. The molecule has 0 saturated heterocycles. The molecular weight excluding hydrogens is 346 g/mol. The van der Waals surface area contributed by atoms with Gasteiger partial charge in [0.25, 0.3) is 10.0 Å². The van der Waals surface area contributed by atoms with E-state index >= 15 is 0 Å². The average molecular weight is 358 g/mol. The van der Waals surface area contributed by atoms with Crippen molar-refractivity contribution in [3.05, 3.63) is 35.3 Å². The lowest BCUT2D eigenvalue weighted by Gasteiger charge is -2.07. The number of aromatic nitrogens is 3. The first-order chi connectivity index (χ1) is 9.51. The maximum atomic E-state index is 12.1. The van der Waals surface area contributed by atoms with Gasteiger partial charge in [-0.1, -0.05) is 0 Å². The summed E-state index contributed by atoms with van der Waals surface area (Å²) in [6.45, 7) is 2.64. The molecule has 0 unspecified atom stereocenters. The van der Waals surface area contributed by atoms with E-state index in [1.807, 2.05) is 6.92 Å². The van der Waals surface area contributed by atoms with Crippen LogP contribution in [0.15, 0.2) is 40.2 Å². The number of hydrogen-bond donors (Lipinski definition) is 2. The maximum absolute atomic E-state index is 12.1. The van der Waals surface area contributed by atoms with Crippen molar-refractivity contribution in [2.75, 3.05) is 16.6 Å². The van der Waals surface area contributed by atoms with Gasteiger partial charge in [0.15, 0.2) is 5.82 Å². The van der Waals surface area contributed by atoms with Gasteiger partial charge in [-0.25, -0.2) is 23.4 Å². The van der Waals surface area contributed by atoms with Crippen LogP contribution < -0.4 is 10.0 Å². The molecule has 9 heteroatoms. The Morgan fingerprint density at radius 3 is 2.40 bits per heavy atom. The van der Waals surface area contributed by atoms with E-state index in [0.717, 1.165) is 0 Å². The van der Waals surface area contributed by atoms with Gasteiger partial charge in [-0.15, -0.1) is 0 Å². The number of nitrogens with zero attached hydrogens (tertiary/aromatic N) is 3. The van der Waals surface area contributed by atoms with Crippen LogP contribution in [0.2, 0.25) is 0 Å². The van der Waals surface area contributed by atoms with Gasteiger partial charge in [-0.05, 0) is 35.0 Å². The Kier molecular flexibility index (Phi) is 4.50. The molecule has 2 N–H and O–H groups in total. The van der Waals surface area contributed by atoms with E-state index in [1.165, 1.54) is 24.7 Å². The molecule has 106 valence electrons. The van der Waals surface area contributed by atoms with E-state index in [4.69, 9.17) is 0 Å². The number of rotatable bonds is 5. The number of pyridine rings is 1. The van der Waals surface area contributed by atoms with Crippen molar-refractivity contribution < 1.29 is 8.42 Å². The van der Waals surface area contributed by atoms with Crippen molar-refractivity contribution in [1.82, 2.24) is 15.0 Å². The largest absolute Gasteiger partial charge is 0.370 e. The van der Waals surface area contributed by atoms with Crippen LogP contribution in [0, 0.1) is 0 Å². The van der Waals surface area contributed by atoms with Crippen LogP contribution in [-0.4, -0.2) is 29.9 Å². The molecule has 2 rings (SSSR count). The van der Waals surface area contributed by atoms with Gasteiger partial charge in [-0.2, -0.15) is 0 Å². The molecule has 0 fully saturated rings. The predicted octanol–water partition coefficient (Wildman–Crippen LogP) is 1.87. The normalized spacial score (nSPS) is 11.1. The first-order valence-corrected chi connectivity index (χ1v) is 7.99. The molecule has 20 heavy (non-hydrogen) atoms. The molecule has 0 aromatic carbocycles. The second kappa shape index (κ2) is 6.14. The number of halogens is 1. The molecule has 0 amide bonds. The number of sulfonamides is 1. The van der Waals surface area contributed by atoms with Crippen molar-refractivity contribution in [3.63, 3.8) is 0 Å². The molecule has 0 saturated carbocycles. The van der Waals surface area contributed by atoms with Crippen molar-refractivity contribution in [2.24, 2.45) is 0 Å². The van der Waals surface area contributed by atoms with Gasteiger partial charge in [0.05, 0.1) is 12.4 Å². The number of anilines is 2. The summed E-state index contributed by atoms with van der Waals surface area (Å²) >= 11 is 3.12. The zero-order chi connectivity index (χ0) is 14.6. The quantitative estimate of drug-likeness (QED) is 0.847. The minimum absolute atomic E-state index is 0.0591. The van der Waals surface area contributed by atoms with E-state index < -0.39 is 10.0 Å². The van der Waals surface area contributed by atoms with Gasteiger partial charge in [0.2, 0.25) is 0 Å². The molecule has 2 aromatic rings. The molecule has 0 bridgehead atoms. The summed E-state index contributed by atoms with van der Waals surface area (Å²) in [5, 5.41) is 2.99. The summed E-state index contributed by atoms with van der Waals surface area (Å²) in [6, 6.07) is 3.07. The highest BCUT2D eigenvalue weighted by Gasteiger charge is 2.15. The first kappa shape index (κ1) is 14.7. The van der Waals surface area contributed by atoms with Gasteiger partial charge in [0, 0.05) is 12.7 Å². The fourth-order valence-electron chi connectivity index (χ4n) is 1.39. The summed E-state index contributed by atoms with van der Waals surface area (Å²) in [5.41, 5.74) is 0. The third kappa shape index (κ3) is 3.64. The van der Waals surface area contributed by atoms with Crippen molar-refractivity contribution in [2.45, 2.75) is 11.8 Å². The second-order valence-corrected chi connectivity index (χ2v) is 6.23. The SMILES string of the molecule is CCNc1ccc(S(=O)(=O)Nc2cnc(Br)cn2)cn1. The highest BCUT2D eigenvalue weighted by atomic mass is 79.9. The zero-order valence-electron chi connectivity index (χ0n) is 10.5. The van der Waals surface area contributed by atoms with Crippen LogP contribution in [-0.2, 0) is 10.0 Å². The van der Waals surface area contributed by atoms with Gasteiger partial charge < -0.3 is 5.32 Å². The molecule has 0 aliphatic carbocycles. The maximum Gasteiger partial charge on any atom is 0.264 e. The van der Waals surface area contributed by atoms with Crippen LogP contribution in [0.3, 0.4) is 0 Å². The van der Waals surface area contributed by atoms with Crippen LogP contribution in [0.25, 0.3) is 0 Å². The first-order valence-electron chi connectivity index (χ1n) is 5.71. The fourth-order valence-corrected chi connectivity index (χ4v) is 2.53. The topological polar surface area (TPSA) is 96.9 Å². The summed E-state index contributed by atoms with van der Waals surface area (Å²) in [5.74, 6) is 0.763. The lowest BCUT2D eigenvalue weighted by molar-refractivity contribution is 0.600. The molecule has 0 aliphatic heterocycles. The van der Waals surface area contributed by atoms with Crippen molar-refractivity contribution in [3.8, 4) is 0 Å². The lowest BCUT2D eigenvalue weighted by Crippen LogP contribution is -2.14. The highest BCUT2D eigenvalue weighted by Crippen LogP contribution is 2.15. The minimum Gasteiger partial charge on any atom is -0.370 e. The van der Waals surface area contributed by atoms with E-state index in [-0.39, 0.29) is 10.7 Å². The van der Waals surface area contributed by atoms with Crippen molar-refractivity contribution in [1.29, 1.82) is 0 Å². The molecular formula is C11H12BrN5O2S. The molecule has 2 aromatic heterocycles. The Labute approximate surface area is 125 Å². The fraction of sp³-hybridized carbons (Fsp3) is 0.182. The van der Waals surface area contributed by atoms with Crippen LogP contribution in [0.1, 0.15) is 6.92 Å². The van der Waals surface area contributed by atoms with Crippen LogP contribution >= 0.6 is 15.9 Å². The number of hydrogen-bond acceptors (Lipinski definition) is 6. The van der Waals surface area contributed by atoms with E-state index in [0.29, 0.717) is 17.0 Å².